The van der Waals surface area contributed by atoms with Crippen molar-refractivity contribution in [1.82, 2.24) is 0 Å². The molecule has 3 heteroatoms. The lowest BCUT2D eigenvalue weighted by molar-refractivity contribution is 0.0480. The van der Waals surface area contributed by atoms with Crippen molar-refractivity contribution < 1.29 is 9.90 Å². The van der Waals surface area contributed by atoms with Crippen molar-refractivity contribution in [3.63, 3.8) is 0 Å². The highest BCUT2D eigenvalue weighted by molar-refractivity contribution is 5.94. The summed E-state index contributed by atoms with van der Waals surface area (Å²) in [4.78, 5) is 11.2. The number of benzene rings is 1. The van der Waals surface area contributed by atoms with Crippen LogP contribution < -0.4 is 5.73 Å². The summed E-state index contributed by atoms with van der Waals surface area (Å²) < 4.78 is 0. The van der Waals surface area contributed by atoms with Gasteiger partial charge in [-0.2, -0.15) is 0 Å². The molecule has 3 N–H and O–H groups in total. The maximum absolute atomic E-state index is 11.2. The molecule has 0 heterocycles. The van der Waals surface area contributed by atoms with Crippen molar-refractivity contribution in [3.8, 4) is 0 Å². The summed E-state index contributed by atoms with van der Waals surface area (Å²) in [6.45, 7) is 0. The molecule has 1 aliphatic rings. The average molecular weight is 219 g/mol. The number of hydrogen-bond donors (Lipinski definition) is 2. The fourth-order valence-corrected chi connectivity index (χ4v) is 2.48. The molecule has 0 atom stereocenters. The van der Waals surface area contributed by atoms with Gasteiger partial charge in [0.1, 0.15) is 0 Å². The SMILES string of the molecule is NC(=O)c1ccccc1CC1(O)CCCC1. The minimum absolute atomic E-state index is 0.419. The van der Waals surface area contributed by atoms with E-state index in [9.17, 15) is 9.90 Å². The summed E-state index contributed by atoms with van der Waals surface area (Å²) in [5, 5.41) is 10.3. The maximum atomic E-state index is 11.2. The highest BCUT2D eigenvalue weighted by atomic mass is 16.3. The molecular weight excluding hydrogens is 202 g/mol. The molecule has 0 radical (unpaired) electrons. The summed E-state index contributed by atoms with van der Waals surface area (Å²) in [5.41, 5.74) is 6.07. The molecule has 86 valence electrons. The normalized spacial score (nSPS) is 18.6. The fraction of sp³-hybridized carbons (Fsp3) is 0.462. The summed E-state index contributed by atoms with van der Waals surface area (Å²) in [5.74, 6) is -0.419. The second-order valence-corrected chi connectivity index (χ2v) is 4.63. The first-order valence-electron chi connectivity index (χ1n) is 5.71. The van der Waals surface area contributed by atoms with Crippen LogP contribution in [0.1, 0.15) is 41.6 Å². The molecule has 0 unspecified atom stereocenters. The van der Waals surface area contributed by atoms with E-state index in [0.717, 1.165) is 31.2 Å². The van der Waals surface area contributed by atoms with E-state index >= 15 is 0 Å². The van der Waals surface area contributed by atoms with Crippen molar-refractivity contribution >= 4 is 5.91 Å². The smallest absolute Gasteiger partial charge is 0.248 e. The fourth-order valence-electron chi connectivity index (χ4n) is 2.48. The summed E-state index contributed by atoms with van der Waals surface area (Å²) in [6.07, 6.45) is 4.30. The maximum Gasteiger partial charge on any atom is 0.248 e. The predicted octanol–water partition coefficient (Wildman–Crippen LogP) is 1.63. The molecule has 0 spiro atoms. The second kappa shape index (κ2) is 4.26. The minimum atomic E-state index is -0.633. The number of primary amides is 1. The summed E-state index contributed by atoms with van der Waals surface area (Å²) in [7, 11) is 0. The molecule has 1 fully saturated rings. The third kappa shape index (κ3) is 2.25. The van der Waals surface area contributed by atoms with E-state index in [2.05, 4.69) is 0 Å². The van der Waals surface area contributed by atoms with Gasteiger partial charge in [0.25, 0.3) is 0 Å². The number of rotatable bonds is 3. The van der Waals surface area contributed by atoms with Gasteiger partial charge in [0.05, 0.1) is 5.60 Å². The van der Waals surface area contributed by atoms with E-state index in [1.807, 2.05) is 12.1 Å². The Bertz CT molecular complexity index is 395. The Hall–Kier alpha value is -1.35. The molecule has 1 aliphatic carbocycles. The minimum Gasteiger partial charge on any atom is -0.390 e. The van der Waals surface area contributed by atoms with Crippen LogP contribution in [0.25, 0.3) is 0 Å². The van der Waals surface area contributed by atoms with Gasteiger partial charge in [-0.3, -0.25) is 4.79 Å². The Morgan fingerprint density at radius 3 is 2.56 bits per heavy atom. The van der Waals surface area contributed by atoms with E-state index in [1.54, 1.807) is 12.1 Å². The summed E-state index contributed by atoms with van der Waals surface area (Å²) in [6, 6.07) is 7.26. The highest BCUT2D eigenvalue weighted by Gasteiger charge is 2.32. The number of carbonyl (C=O) groups is 1. The van der Waals surface area contributed by atoms with Gasteiger partial charge in [0, 0.05) is 12.0 Å². The first-order valence-corrected chi connectivity index (χ1v) is 5.71. The largest absolute Gasteiger partial charge is 0.390 e. The van der Waals surface area contributed by atoms with Gasteiger partial charge in [-0.05, 0) is 24.5 Å². The molecule has 3 nitrogen and oxygen atoms in total. The van der Waals surface area contributed by atoms with Crippen molar-refractivity contribution in [2.75, 3.05) is 0 Å². The molecule has 1 amide bonds. The molecule has 0 aliphatic heterocycles. The van der Waals surface area contributed by atoms with E-state index < -0.39 is 11.5 Å². The Kier molecular flexibility index (Phi) is 2.97. The van der Waals surface area contributed by atoms with Gasteiger partial charge < -0.3 is 10.8 Å². The Morgan fingerprint density at radius 1 is 1.31 bits per heavy atom. The number of amides is 1. The molecule has 0 aromatic heterocycles. The number of hydrogen-bond acceptors (Lipinski definition) is 2. The van der Waals surface area contributed by atoms with Gasteiger partial charge in [-0.15, -0.1) is 0 Å². The van der Waals surface area contributed by atoms with Crippen LogP contribution in [0.15, 0.2) is 24.3 Å². The van der Waals surface area contributed by atoms with Gasteiger partial charge >= 0.3 is 0 Å². The van der Waals surface area contributed by atoms with Crippen LogP contribution in [-0.4, -0.2) is 16.6 Å². The van der Waals surface area contributed by atoms with E-state index in [1.165, 1.54) is 0 Å². The summed E-state index contributed by atoms with van der Waals surface area (Å²) >= 11 is 0. The van der Waals surface area contributed by atoms with Crippen LogP contribution in [-0.2, 0) is 6.42 Å². The van der Waals surface area contributed by atoms with Crippen molar-refractivity contribution in [1.29, 1.82) is 0 Å². The zero-order chi connectivity index (χ0) is 11.6. The number of carbonyl (C=O) groups excluding carboxylic acids is 1. The van der Waals surface area contributed by atoms with Gasteiger partial charge in [-0.25, -0.2) is 0 Å². The monoisotopic (exact) mass is 219 g/mol. The molecule has 1 aromatic rings. The van der Waals surface area contributed by atoms with Crippen LogP contribution in [0.3, 0.4) is 0 Å². The van der Waals surface area contributed by atoms with Crippen LogP contribution in [0.2, 0.25) is 0 Å². The lowest BCUT2D eigenvalue weighted by atomic mass is 9.90. The van der Waals surface area contributed by atoms with Crippen molar-refractivity contribution in [3.05, 3.63) is 35.4 Å². The van der Waals surface area contributed by atoms with Gasteiger partial charge in [-0.1, -0.05) is 31.0 Å². The zero-order valence-electron chi connectivity index (χ0n) is 9.28. The third-order valence-electron chi connectivity index (χ3n) is 3.34. The van der Waals surface area contributed by atoms with Crippen molar-refractivity contribution in [2.24, 2.45) is 5.73 Å². The highest BCUT2D eigenvalue weighted by Crippen LogP contribution is 2.33. The van der Waals surface area contributed by atoms with Crippen LogP contribution in [0.4, 0.5) is 0 Å². The van der Waals surface area contributed by atoms with Crippen molar-refractivity contribution in [2.45, 2.75) is 37.7 Å². The number of nitrogens with two attached hydrogens (primary N) is 1. The van der Waals surface area contributed by atoms with E-state index in [4.69, 9.17) is 5.73 Å². The van der Waals surface area contributed by atoms with E-state index in [-0.39, 0.29) is 0 Å². The average Bonchev–Trinajstić information content (AvgIpc) is 2.65. The Balaban J connectivity index is 2.23. The van der Waals surface area contributed by atoms with Crippen LogP contribution in [0, 0.1) is 0 Å². The van der Waals surface area contributed by atoms with Gasteiger partial charge in [0.2, 0.25) is 5.91 Å². The lowest BCUT2D eigenvalue weighted by Crippen LogP contribution is -2.28. The molecule has 1 aromatic carbocycles. The first-order chi connectivity index (χ1) is 7.61. The predicted molar refractivity (Wildman–Crippen MR) is 62.1 cm³/mol. The molecular formula is C13H17NO2. The standard InChI is InChI=1S/C13H17NO2/c14-12(15)11-6-2-1-5-10(11)9-13(16)7-3-4-8-13/h1-2,5-6,16H,3-4,7-9H2,(H2,14,15). The lowest BCUT2D eigenvalue weighted by Gasteiger charge is -2.23. The van der Waals surface area contributed by atoms with Crippen LogP contribution >= 0.6 is 0 Å². The quantitative estimate of drug-likeness (QED) is 0.811. The van der Waals surface area contributed by atoms with Crippen LogP contribution in [0.5, 0.6) is 0 Å². The molecule has 16 heavy (non-hydrogen) atoms. The third-order valence-corrected chi connectivity index (χ3v) is 3.34. The molecule has 0 bridgehead atoms. The molecule has 0 saturated heterocycles. The molecule has 1 saturated carbocycles. The first kappa shape index (κ1) is 11.1. The topological polar surface area (TPSA) is 63.3 Å². The zero-order valence-corrected chi connectivity index (χ0v) is 9.28. The number of aliphatic hydroxyl groups is 1. The second-order valence-electron chi connectivity index (χ2n) is 4.63. The Labute approximate surface area is 95.3 Å². The van der Waals surface area contributed by atoms with E-state index in [0.29, 0.717) is 12.0 Å². The molecule has 2 rings (SSSR count). The Morgan fingerprint density at radius 2 is 1.94 bits per heavy atom. The van der Waals surface area contributed by atoms with Gasteiger partial charge in [0.15, 0.2) is 0 Å².